The molecule has 4 rings (SSSR count). The molecule has 1 amide bonds. The van der Waals surface area contributed by atoms with Gasteiger partial charge in [0.2, 0.25) is 11.6 Å². The summed E-state index contributed by atoms with van der Waals surface area (Å²) in [6.07, 6.45) is 6.68. The third-order valence-electron chi connectivity index (χ3n) is 4.39. The molecule has 1 aromatic carbocycles. The molecule has 134 valence electrons. The summed E-state index contributed by atoms with van der Waals surface area (Å²) in [6.45, 7) is 1.60. The Bertz CT molecular complexity index is 884. The van der Waals surface area contributed by atoms with Crippen LogP contribution in [-0.4, -0.2) is 50.4 Å². The number of fused-ring (bicyclic) bond motifs is 1. The Morgan fingerprint density at radius 2 is 2.19 bits per heavy atom. The summed E-state index contributed by atoms with van der Waals surface area (Å²) < 4.78 is 1.86. The van der Waals surface area contributed by atoms with Crippen LogP contribution >= 0.6 is 11.8 Å². The van der Waals surface area contributed by atoms with E-state index in [1.165, 1.54) is 4.90 Å². The predicted octanol–water partition coefficient (Wildman–Crippen LogP) is 2.00. The average Bonchev–Trinajstić information content (AvgIpc) is 3.31. The molecular weight excluding hydrogens is 348 g/mol. The summed E-state index contributed by atoms with van der Waals surface area (Å²) in [5, 5.41) is 11.2. The summed E-state index contributed by atoms with van der Waals surface area (Å²) in [5.74, 6) is 1.71. The van der Waals surface area contributed by atoms with Crippen molar-refractivity contribution in [3.8, 4) is 0 Å². The molecule has 0 aliphatic carbocycles. The number of hydrogen-bond acceptors (Lipinski definition) is 6. The fraction of sp³-hybridized carbons (Fsp3) is 0.333. The van der Waals surface area contributed by atoms with E-state index in [9.17, 15) is 4.79 Å². The van der Waals surface area contributed by atoms with Crippen molar-refractivity contribution in [3.05, 3.63) is 49.1 Å². The molecule has 26 heavy (non-hydrogen) atoms. The van der Waals surface area contributed by atoms with E-state index in [4.69, 9.17) is 0 Å². The maximum absolute atomic E-state index is 12.2. The van der Waals surface area contributed by atoms with Crippen LogP contribution in [-0.2, 0) is 4.79 Å². The molecule has 7 nitrogen and oxygen atoms in total. The molecule has 8 heteroatoms. The van der Waals surface area contributed by atoms with Crippen LogP contribution < -0.4 is 10.2 Å². The summed E-state index contributed by atoms with van der Waals surface area (Å²) >= 11 is 1.71. The summed E-state index contributed by atoms with van der Waals surface area (Å²) in [7, 11) is 0. The van der Waals surface area contributed by atoms with Gasteiger partial charge in [-0.25, -0.2) is 4.98 Å². The van der Waals surface area contributed by atoms with Crippen LogP contribution in [0.15, 0.2) is 53.9 Å². The third-order valence-corrected chi connectivity index (χ3v) is 5.40. The van der Waals surface area contributed by atoms with Crippen molar-refractivity contribution in [2.24, 2.45) is 0 Å². The third kappa shape index (κ3) is 3.80. The van der Waals surface area contributed by atoms with Gasteiger partial charge in [-0.3, -0.25) is 9.20 Å². The Kier molecular flexibility index (Phi) is 5.01. The van der Waals surface area contributed by atoms with Gasteiger partial charge in [0.05, 0.1) is 0 Å². The molecule has 1 aliphatic heterocycles. The van der Waals surface area contributed by atoms with E-state index in [-0.39, 0.29) is 11.9 Å². The van der Waals surface area contributed by atoms with Crippen LogP contribution in [0.1, 0.15) is 12.8 Å². The van der Waals surface area contributed by atoms with Crippen LogP contribution in [0.3, 0.4) is 0 Å². The molecular formula is C18H20N6OS. The molecule has 1 saturated heterocycles. The van der Waals surface area contributed by atoms with Crippen LogP contribution in [0.5, 0.6) is 0 Å². The number of benzene rings is 1. The van der Waals surface area contributed by atoms with Crippen LogP contribution in [0.4, 0.5) is 5.82 Å². The Morgan fingerprint density at radius 1 is 1.31 bits per heavy atom. The van der Waals surface area contributed by atoms with Crippen molar-refractivity contribution >= 4 is 29.1 Å². The van der Waals surface area contributed by atoms with Crippen molar-refractivity contribution in [1.82, 2.24) is 24.9 Å². The lowest BCUT2D eigenvalue weighted by molar-refractivity contribution is -0.121. The molecule has 0 saturated carbocycles. The van der Waals surface area contributed by atoms with Crippen molar-refractivity contribution in [3.63, 3.8) is 0 Å². The second-order valence-corrected chi connectivity index (χ2v) is 7.39. The van der Waals surface area contributed by atoms with E-state index < -0.39 is 0 Å². The highest BCUT2D eigenvalue weighted by atomic mass is 32.2. The average molecular weight is 368 g/mol. The van der Waals surface area contributed by atoms with Crippen molar-refractivity contribution in [2.75, 3.05) is 23.7 Å². The van der Waals surface area contributed by atoms with Gasteiger partial charge >= 0.3 is 0 Å². The molecule has 1 N–H and O–H groups in total. The maximum Gasteiger partial charge on any atom is 0.221 e. The minimum atomic E-state index is 0.105. The second-order valence-electron chi connectivity index (χ2n) is 6.22. The number of nitrogens with one attached hydrogen (secondary N) is 1. The molecule has 2 aromatic heterocycles. The first kappa shape index (κ1) is 16.8. The molecule has 1 atom stereocenters. The summed E-state index contributed by atoms with van der Waals surface area (Å²) in [4.78, 5) is 20.0. The van der Waals surface area contributed by atoms with Crippen molar-refractivity contribution in [2.45, 2.75) is 23.8 Å². The smallest absolute Gasteiger partial charge is 0.221 e. The highest BCUT2D eigenvalue weighted by Gasteiger charge is 2.26. The fourth-order valence-corrected chi connectivity index (χ4v) is 3.99. The number of aromatic nitrogens is 4. The quantitative estimate of drug-likeness (QED) is 0.671. The van der Waals surface area contributed by atoms with Gasteiger partial charge in [0.1, 0.15) is 6.33 Å². The molecule has 3 heterocycles. The number of amides is 1. The number of hydrogen-bond donors (Lipinski definition) is 1. The minimum Gasteiger partial charge on any atom is -0.351 e. The Balaban J connectivity index is 1.27. The van der Waals surface area contributed by atoms with Crippen LogP contribution in [0.2, 0.25) is 0 Å². The molecule has 0 spiro atoms. The lowest BCUT2D eigenvalue weighted by Gasteiger charge is -2.18. The topological polar surface area (TPSA) is 75.4 Å². The van der Waals surface area contributed by atoms with Gasteiger partial charge in [-0.1, -0.05) is 18.2 Å². The van der Waals surface area contributed by atoms with Gasteiger partial charge in [0.25, 0.3) is 0 Å². The normalized spacial score (nSPS) is 16.9. The maximum atomic E-state index is 12.2. The molecule has 0 bridgehead atoms. The van der Waals surface area contributed by atoms with Crippen LogP contribution in [0.25, 0.3) is 5.65 Å². The number of rotatable bonds is 6. The second kappa shape index (κ2) is 7.74. The van der Waals surface area contributed by atoms with Crippen LogP contribution in [0, 0.1) is 0 Å². The van der Waals surface area contributed by atoms with Gasteiger partial charge in [0, 0.05) is 48.6 Å². The number of nitrogens with zero attached hydrogens (tertiary/aromatic N) is 5. The highest BCUT2D eigenvalue weighted by molar-refractivity contribution is 7.99. The highest BCUT2D eigenvalue weighted by Crippen LogP contribution is 2.22. The monoisotopic (exact) mass is 368 g/mol. The first-order valence-corrected chi connectivity index (χ1v) is 9.64. The first-order valence-electron chi connectivity index (χ1n) is 8.66. The van der Waals surface area contributed by atoms with Gasteiger partial charge < -0.3 is 10.2 Å². The SMILES string of the molecule is O=C(CCSc1ccccc1)N[C@H]1CCN(c2nccn3cnnc23)C1. The molecule has 1 aliphatic rings. The molecule has 0 radical (unpaired) electrons. The number of anilines is 1. The van der Waals surface area contributed by atoms with Gasteiger partial charge in [-0.15, -0.1) is 22.0 Å². The number of carbonyl (C=O) groups is 1. The lowest BCUT2D eigenvalue weighted by atomic mass is 10.2. The molecule has 0 unspecified atom stereocenters. The van der Waals surface area contributed by atoms with E-state index in [1.54, 1.807) is 24.3 Å². The summed E-state index contributed by atoms with van der Waals surface area (Å²) in [6, 6.07) is 10.3. The van der Waals surface area contributed by atoms with E-state index in [1.807, 2.05) is 28.8 Å². The van der Waals surface area contributed by atoms with Crippen molar-refractivity contribution in [1.29, 1.82) is 0 Å². The van der Waals surface area contributed by atoms with E-state index in [0.717, 1.165) is 36.7 Å². The van der Waals surface area contributed by atoms with E-state index in [0.29, 0.717) is 6.42 Å². The zero-order valence-electron chi connectivity index (χ0n) is 14.3. The Hall–Kier alpha value is -2.61. The number of thioether (sulfide) groups is 1. The largest absolute Gasteiger partial charge is 0.351 e. The zero-order valence-corrected chi connectivity index (χ0v) is 15.1. The standard InChI is InChI=1S/C18H20N6OS/c25-16(7-11-26-15-4-2-1-3-5-15)21-14-6-9-23(12-14)17-18-22-20-13-24(18)10-8-19-17/h1-5,8,10,13-14H,6-7,9,11-12H2,(H,21,25)/t14-/m0/s1. The minimum absolute atomic E-state index is 0.105. The van der Waals surface area contributed by atoms with E-state index >= 15 is 0 Å². The molecule has 3 aromatic rings. The molecule has 1 fully saturated rings. The fourth-order valence-electron chi connectivity index (χ4n) is 3.12. The van der Waals surface area contributed by atoms with Gasteiger partial charge in [-0.05, 0) is 18.6 Å². The van der Waals surface area contributed by atoms with Crippen molar-refractivity contribution < 1.29 is 4.79 Å². The predicted molar refractivity (Wildman–Crippen MR) is 101 cm³/mol. The summed E-state index contributed by atoms with van der Waals surface area (Å²) in [5.41, 5.74) is 0.749. The zero-order chi connectivity index (χ0) is 17.8. The van der Waals surface area contributed by atoms with Gasteiger partial charge in [-0.2, -0.15) is 0 Å². The van der Waals surface area contributed by atoms with Gasteiger partial charge in [0.15, 0.2) is 5.82 Å². The Morgan fingerprint density at radius 3 is 3.08 bits per heavy atom. The number of carbonyl (C=O) groups excluding carboxylic acids is 1. The first-order chi connectivity index (χ1) is 12.8. The lowest BCUT2D eigenvalue weighted by Crippen LogP contribution is -2.37. The van der Waals surface area contributed by atoms with E-state index in [2.05, 4.69) is 37.5 Å². The Labute approximate surface area is 155 Å².